The molecule has 1 aromatic heterocycles. The van der Waals surface area contributed by atoms with Gasteiger partial charge in [0.05, 0.1) is 6.10 Å². The molecule has 1 aliphatic carbocycles. The number of ether oxygens (including phenoxy) is 1. The lowest BCUT2D eigenvalue weighted by molar-refractivity contribution is 0.0397. The van der Waals surface area contributed by atoms with E-state index in [4.69, 9.17) is 10.5 Å². The summed E-state index contributed by atoms with van der Waals surface area (Å²) in [6.45, 7) is 0.598. The van der Waals surface area contributed by atoms with Crippen LogP contribution >= 0.6 is 0 Å². The number of nitrogens with two attached hydrogens (primary N) is 1. The lowest BCUT2D eigenvalue weighted by atomic mass is 10.3. The van der Waals surface area contributed by atoms with Crippen molar-refractivity contribution in [2.24, 2.45) is 12.8 Å². The molecule has 1 aliphatic rings. The van der Waals surface area contributed by atoms with Gasteiger partial charge in [0.15, 0.2) is 0 Å². The van der Waals surface area contributed by atoms with Crippen LogP contribution in [-0.4, -0.2) is 21.7 Å². The zero-order valence-electron chi connectivity index (χ0n) is 8.52. The summed E-state index contributed by atoms with van der Waals surface area (Å²) in [6, 6.07) is 0.335. The first kappa shape index (κ1) is 9.68. The van der Waals surface area contributed by atoms with Gasteiger partial charge in [-0.2, -0.15) is 0 Å². The predicted octanol–water partition coefficient (Wildman–Crippen LogP) is 0.816. The average molecular weight is 195 g/mol. The highest BCUT2D eigenvalue weighted by atomic mass is 16.5. The Kier molecular flexibility index (Phi) is 2.84. The zero-order valence-corrected chi connectivity index (χ0v) is 8.52. The monoisotopic (exact) mass is 195 g/mol. The van der Waals surface area contributed by atoms with Crippen LogP contribution < -0.4 is 5.73 Å². The van der Waals surface area contributed by atoms with Crippen LogP contribution in [0.3, 0.4) is 0 Å². The lowest BCUT2D eigenvalue weighted by Crippen LogP contribution is -2.17. The number of imidazole rings is 1. The minimum absolute atomic E-state index is 0.335. The van der Waals surface area contributed by atoms with Crippen molar-refractivity contribution < 1.29 is 4.74 Å². The molecule has 0 radical (unpaired) electrons. The van der Waals surface area contributed by atoms with Gasteiger partial charge in [0.2, 0.25) is 0 Å². The SMILES string of the molecule is Cn1ccnc1COC1CCC(N)C1. The third kappa shape index (κ3) is 2.13. The molecule has 0 amide bonds. The number of hydrogen-bond donors (Lipinski definition) is 1. The van der Waals surface area contributed by atoms with Gasteiger partial charge in [0, 0.05) is 25.5 Å². The van der Waals surface area contributed by atoms with E-state index >= 15 is 0 Å². The van der Waals surface area contributed by atoms with Gasteiger partial charge >= 0.3 is 0 Å². The molecule has 0 aliphatic heterocycles. The highest BCUT2D eigenvalue weighted by molar-refractivity contribution is 4.89. The number of nitrogens with zero attached hydrogens (tertiary/aromatic N) is 2. The van der Waals surface area contributed by atoms with Crippen LogP contribution in [0.25, 0.3) is 0 Å². The molecule has 1 aromatic rings. The fourth-order valence-electron chi connectivity index (χ4n) is 1.85. The van der Waals surface area contributed by atoms with Crippen molar-refractivity contribution in [3.05, 3.63) is 18.2 Å². The van der Waals surface area contributed by atoms with E-state index in [2.05, 4.69) is 4.98 Å². The molecular weight excluding hydrogens is 178 g/mol. The second-order valence-electron chi connectivity index (χ2n) is 3.96. The minimum Gasteiger partial charge on any atom is -0.370 e. The topological polar surface area (TPSA) is 53.1 Å². The van der Waals surface area contributed by atoms with Crippen LogP contribution in [0.1, 0.15) is 25.1 Å². The Hall–Kier alpha value is -0.870. The quantitative estimate of drug-likeness (QED) is 0.776. The Labute approximate surface area is 84.1 Å². The molecule has 14 heavy (non-hydrogen) atoms. The fraction of sp³-hybridized carbons (Fsp3) is 0.700. The summed E-state index contributed by atoms with van der Waals surface area (Å²) >= 11 is 0. The van der Waals surface area contributed by atoms with Gasteiger partial charge in [0.1, 0.15) is 12.4 Å². The normalized spacial score (nSPS) is 27.0. The maximum absolute atomic E-state index is 5.80. The summed E-state index contributed by atoms with van der Waals surface area (Å²) in [5, 5.41) is 0. The van der Waals surface area contributed by atoms with Crippen LogP contribution in [0.2, 0.25) is 0 Å². The lowest BCUT2D eigenvalue weighted by Gasteiger charge is -2.10. The Bertz CT molecular complexity index is 297. The van der Waals surface area contributed by atoms with E-state index in [-0.39, 0.29) is 0 Å². The van der Waals surface area contributed by atoms with E-state index in [9.17, 15) is 0 Å². The third-order valence-electron chi connectivity index (χ3n) is 2.79. The second-order valence-corrected chi connectivity index (χ2v) is 3.96. The van der Waals surface area contributed by atoms with Gasteiger partial charge in [0.25, 0.3) is 0 Å². The van der Waals surface area contributed by atoms with Crippen LogP contribution in [-0.2, 0) is 18.4 Å². The van der Waals surface area contributed by atoms with Gasteiger partial charge in [-0.1, -0.05) is 0 Å². The fourth-order valence-corrected chi connectivity index (χ4v) is 1.85. The van der Waals surface area contributed by atoms with E-state index in [0.717, 1.165) is 25.1 Å². The predicted molar refractivity (Wildman–Crippen MR) is 53.6 cm³/mol. The van der Waals surface area contributed by atoms with Crippen molar-refractivity contribution in [1.82, 2.24) is 9.55 Å². The molecule has 2 rings (SSSR count). The highest BCUT2D eigenvalue weighted by Gasteiger charge is 2.22. The van der Waals surface area contributed by atoms with Gasteiger partial charge in [-0.3, -0.25) is 0 Å². The third-order valence-corrected chi connectivity index (χ3v) is 2.79. The number of rotatable bonds is 3. The van der Waals surface area contributed by atoms with Crippen molar-refractivity contribution in [2.75, 3.05) is 0 Å². The number of hydrogen-bond acceptors (Lipinski definition) is 3. The second kappa shape index (κ2) is 4.11. The largest absolute Gasteiger partial charge is 0.370 e. The van der Waals surface area contributed by atoms with Crippen molar-refractivity contribution in [2.45, 2.75) is 38.0 Å². The van der Waals surface area contributed by atoms with Gasteiger partial charge in [-0.25, -0.2) is 4.98 Å². The molecule has 0 bridgehead atoms. The van der Waals surface area contributed by atoms with Crippen molar-refractivity contribution in [3.63, 3.8) is 0 Å². The number of aromatic nitrogens is 2. The first-order chi connectivity index (χ1) is 6.75. The molecule has 2 N–H and O–H groups in total. The van der Waals surface area contributed by atoms with Gasteiger partial charge in [-0.05, 0) is 19.3 Å². The summed E-state index contributed by atoms with van der Waals surface area (Å²) in [4.78, 5) is 4.20. The maximum atomic E-state index is 5.80. The molecule has 2 atom stereocenters. The Morgan fingerprint density at radius 1 is 1.64 bits per heavy atom. The molecule has 78 valence electrons. The smallest absolute Gasteiger partial charge is 0.134 e. The molecule has 0 spiro atoms. The first-order valence-electron chi connectivity index (χ1n) is 5.09. The molecule has 2 unspecified atom stereocenters. The van der Waals surface area contributed by atoms with Gasteiger partial charge < -0.3 is 15.0 Å². The zero-order chi connectivity index (χ0) is 9.97. The molecule has 1 saturated carbocycles. The molecule has 4 nitrogen and oxygen atoms in total. The Balaban J connectivity index is 1.80. The van der Waals surface area contributed by atoms with Crippen LogP contribution in [0, 0.1) is 0 Å². The van der Waals surface area contributed by atoms with Crippen LogP contribution in [0.5, 0.6) is 0 Å². The summed E-state index contributed by atoms with van der Waals surface area (Å²) in [6.07, 6.45) is 7.22. The van der Waals surface area contributed by atoms with E-state index in [1.165, 1.54) is 0 Å². The summed E-state index contributed by atoms with van der Waals surface area (Å²) in [5.41, 5.74) is 5.80. The summed E-state index contributed by atoms with van der Waals surface area (Å²) in [5.74, 6) is 0.977. The molecule has 0 saturated heterocycles. The Morgan fingerprint density at radius 3 is 3.07 bits per heavy atom. The van der Waals surface area contributed by atoms with E-state index in [0.29, 0.717) is 18.8 Å². The summed E-state index contributed by atoms with van der Waals surface area (Å²) in [7, 11) is 1.98. The first-order valence-corrected chi connectivity index (χ1v) is 5.09. The van der Waals surface area contributed by atoms with Gasteiger partial charge in [-0.15, -0.1) is 0 Å². The van der Waals surface area contributed by atoms with Crippen LogP contribution in [0.4, 0.5) is 0 Å². The molecule has 4 heteroatoms. The average Bonchev–Trinajstić information content (AvgIpc) is 2.72. The van der Waals surface area contributed by atoms with E-state index < -0.39 is 0 Å². The standard InChI is InChI=1S/C10H17N3O/c1-13-5-4-12-10(13)7-14-9-3-2-8(11)6-9/h4-5,8-9H,2-3,6-7,11H2,1H3. The van der Waals surface area contributed by atoms with Crippen molar-refractivity contribution in [1.29, 1.82) is 0 Å². The van der Waals surface area contributed by atoms with E-state index in [1.54, 1.807) is 6.20 Å². The maximum Gasteiger partial charge on any atom is 0.134 e. The van der Waals surface area contributed by atoms with E-state index in [1.807, 2.05) is 17.8 Å². The number of aryl methyl sites for hydroxylation is 1. The van der Waals surface area contributed by atoms with Crippen molar-refractivity contribution in [3.8, 4) is 0 Å². The van der Waals surface area contributed by atoms with Crippen LogP contribution in [0.15, 0.2) is 12.4 Å². The highest BCUT2D eigenvalue weighted by Crippen LogP contribution is 2.21. The molecule has 1 fully saturated rings. The van der Waals surface area contributed by atoms with Crippen molar-refractivity contribution >= 4 is 0 Å². The summed E-state index contributed by atoms with van der Waals surface area (Å²) < 4.78 is 7.72. The molecular formula is C10H17N3O. The molecule has 0 aromatic carbocycles. The minimum atomic E-state index is 0.335. The molecule has 1 heterocycles. The Morgan fingerprint density at radius 2 is 2.50 bits per heavy atom.